The van der Waals surface area contributed by atoms with Crippen molar-refractivity contribution in [1.82, 2.24) is 24.2 Å². The highest BCUT2D eigenvalue weighted by Crippen LogP contribution is 2.27. The number of rotatable bonds is 6. The second kappa shape index (κ2) is 8.22. The molecule has 0 aliphatic heterocycles. The van der Waals surface area contributed by atoms with Crippen LogP contribution in [0, 0.1) is 11.7 Å². The highest BCUT2D eigenvalue weighted by molar-refractivity contribution is 7.71. The molecular formula is C23H21N5OS2. The van der Waals surface area contributed by atoms with E-state index in [1.165, 1.54) is 4.70 Å². The molecule has 0 radical (unpaired) electrons. The van der Waals surface area contributed by atoms with Crippen LogP contribution in [-0.2, 0) is 13.2 Å². The standard InChI is InChI=1S/C23H21N5OS2/c1-16-18(12-13-29-16)22-25-27(23(30)28(22)17-8-4-3-5-9-17)15-26(2)14-21-24-19-10-6-7-11-20(19)31-21/h3-13H,14-15H2,1-2H3. The third kappa shape index (κ3) is 3.85. The van der Waals surface area contributed by atoms with E-state index in [2.05, 4.69) is 18.0 Å². The molecule has 0 fully saturated rings. The minimum Gasteiger partial charge on any atom is -0.469 e. The van der Waals surface area contributed by atoms with Crippen molar-refractivity contribution in [2.45, 2.75) is 20.1 Å². The third-order valence-corrected chi connectivity index (χ3v) is 6.49. The molecular weight excluding hydrogens is 426 g/mol. The van der Waals surface area contributed by atoms with E-state index in [0.717, 1.165) is 39.9 Å². The van der Waals surface area contributed by atoms with Gasteiger partial charge in [0.15, 0.2) is 5.82 Å². The molecule has 0 atom stereocenters. The van der Waals surface area contributed by atoms with Crippen LogP contribution >= 0.6 is 23.6 Å². The normalized spacial score (nSPS) is 11.6. The third-order valence-electron chi connectivity index (χ3n) is 5.07. The monoisotopic (exact) mass is 447 g/mol. The summed E-state index contributed by atoms with van der Waals surface area (Å²) in [5.41, 5.74) is 2.95. The van der Waals surface area contributed by atoms with Crippen LogP contribution in [0.2, 0.25) is 0 Å². The zero-order valence-electron chi connectivity index (χ0n) is 17.2. The van der Waals surface area contributed by atoms with Crippen molar-refractivity contribution in [3.8, 4) is 17.1 Å². The minimum atomic E-state index is 0.554. The van der Waals surface area contributed by atoms with E-state index in [0.29, 0.717) is 11.4 Å². The van der Waals surface area contributed by atoms with E-state index in [1.807, 2.05) is 70.8 Å². The fourth-order valence-corrected chi connectivity index (χ4v) is 4.94. The molecule has 2 aromatic carbocycles. The molecule has 0 amide bonds. The number of nitrogens with zero attached hydrogens (tertiary/aromatic N) is 5. The van der Waals surface area contributed by atoms with Crippen LogP contribution < -0.4 is 0 Å². The minimum absolute atomic E-state index is 0.554. The Kier molecular flexibility index (Phi) is 5.27. The number of benzene rings is 2. The van der Waals surface area contributed by atoms with Gasteiger partial charge in [0.1, 0.15) is 10.8 Å². The smallest absolute Gasteiger partial charge is 0.204 e. The lowest BCUT2D eigenvalue weighted by molar-refractivity contribution is 0.244. The SMILES string of the molecule is Cc1occc1-c1nn(CN(C)Cc2nc3ccccc3s2)c(=S)n1-c1ccccc1. The molecule has 0 spiro atoms. The molecule has 5 aromatic rings. The van der Waals surface area contributed by atoms with E-state index < -0.39 is 0 Å². The largest absolute Gasteiger partial charge is 0.469 e. The van der Waals surface area contributed by atoms with Crippen LogP contribution in [0.1, 0.15) is 10.8 Å². The summed E-state index contributed by atoms with van der Waals surface area (Å²) in [6, 6.07) is 20.2. The predicted octanol–water partition coefficient (Wildman–Crippen LogP) is 5.67. The number of hydrogen-bond donors (Lipinski definition) is 0. The molecule has 31 heavy (non-hydrogen) atoms. The van der Waals surface area contributed by atoms with Crippen molar-refractivity contribution < 1.29 is 4.42 Å². The Labute approximate surface area is 189 Å². The summed E-state index contributed by atoms with van der Waals surface area (Å²) in [6.07, 6.45) is 1.68. The van der Waals surface area contributed by atoms with E-state index >= 15 is 0 Å². The van der Waals surface area contributed by atoms with Crippen molar-refractivity contribution in [3.63, 3.8) is 0 Å². The van der Waals surface area contributed by atoms with Crippen LogP contribution in [0.4, 0.5) is 0 Å². The summed E-state index contributed by atoms with van der Waals surface area (Å²) in [5, 5.41) is 5.94. The fourth-order valence-electron chi connectivity index (χ4n) is 3.60. The van der Waals surface area contributed by atoms with Crippen LogP contribution in [-0.4, -0.2) is 31.3 Å². The van der Waals surface area contributed by atoms with Gasteiger partial charge in [-0.25, -0.2) is 9.67 Å². The van der Waals surface area contributed by atoms with Crippen molar-refractivity contribution in [3.05, 3.63) is 82.5 Å². The Balaban J connectivity index is 1.48. The lowest BCUT2D eigenvalue weighted by Gasteiger charge is -2.14. The molecule has 6 nitrogen and oxygen atoms in total. The number of thiazole rings is 1. The molecule has 0 unspecified atom stereocenters. The first kappa shape index (κ1) is 19.9. The topological polar surface area (TPSA) is 52.0 Å². The van der Waals surface area contributed by atoms with Crippen LogP contribution in [0.15, 0.2) is 71.3 Å². The summed E-state index contributed by atoms with van der Waals surface area (Å²) in [6.45, 7) is 3.21. The van der Waals surface area contributed by atoms with Gasteiger partial charge in [0.2, 0.25) is 4.77 Å². The molecule has 0 N–H and O–H groups in total. The van der Waals surface area contributed by atoms with Gasteiger partial charge < -0.3 is 4.42 Å². The molecule has 156 valence electrons. The van der Waals surface area contributed by atoms with Gasteiger partial charge in [-0.15, -0.1) is 16.4 Å². The summed E-state index contributed by atoms with van der Waals surface area (Å²) in [7, 11) is 2.05. The molecule has 0 saturated carbocycles. The maximum atomic E-state index is 5.84. The van der Waals surface area contributed by atoms with E-state index in [9.17, 15) is 0 Å². The second-order valence-corrected chi connectivity index (χ2v) is 8.88. The molecule has 0 aliphatic carbocycles. The second-order valence-electron chi connectivity index (χ2n) is 7.40. The predicted molar refractivity (Wildman–Crippen MR) is 126 cm³/mol. The summed E-state index contributed by atoms with van der Waals surface area (Å²) in [4.78, 5) is 6.91. The van der Waals surface area contributed by atoms with Crippen molar-refractivity contribution in [2.75, 3.05) is 7.05 Å². The van der Waals surface area contributed by atoms with Gasteiger partial charge in [-0.05, 0) is 56.5 Å². The summed E-state index contributed by atoms with van der Waals surface area (Å²) >= 11 is 7.56. The van der Waals surface area contributed by atoms with Crippen molar-refractivity contribution in [2.24, 2.45) is 0 Å². The fraction of sp³-hybridized carbons (Fsp3) is 0.174. The van der Waals surface area contributed by atoms with E-state index in [-0.39, 0.29) is 0 Å². The van der Waals surface area contributed by atoms with Crippen LogP contribution in [0.3, 0.4) is 0 Å². The van der Waals surface area contributed by atoms with Crippen molar-refractivity contribution in [1.29, 1.82) is 0 Å². The highest BCUT2D eigenvalue weighted by Gasteiger charge is 2.18. The maximum Gasteiger partial charge on any atom is 0.204 e. The van der Waals surface area contributed by atoms with Gasteiger partial charge in [-0.1, -0.05) is 30.3 Å². The highest BCUT2D eigenvalue weighted by atomic mass is 32.1. The summed E-state index contributed by atoms with van der Waals surface area (Å²) < 4.78 is 11.2. The lowest BCUT2D eigenvalue weighted by atomic mass is 10.2. The Morgan fingerprint density at radius 3 is 2.58 bits per heavy atom. The maximum absolute atomic E-state index is 5.84. The summed E-state index contributed by atoms with van der Waals surface area (Å²) in [5.74, 6) is 1.59. The van der Waals surface area contributed by atoms with E-state index in [1.54, 1.807) is 17.6 Å². The number of aromatic nitrogens is 4. The first-order chi connectivity index (χ1) is 15.1. The quantitative estimate of drug-likeness (QED) is 0.314. The number of aryl methyl sites for hydroxylation is 1. The molecule has 8 heteroatoms. The molecule has 3 aromatic heterocycles. The Hall–Kier alpha value is -3.07. The van der Waals surface area contributed by atoms with Gasteiger partial charge >= 0.3 is 0 Å². The molecule has 0 aliphatic rings. The van der Waals surface area contributed by atoms with Gasteiger partial charge in [-0.3, -0.25) is 9.47 Å². The van der Waals surface area contributed by atoms with E-state index in [4.69, 9.17) is 26.7 Å². The Bertz CT molecular complexity index is 1360. The number of fused-ring (bicyclic) bond motifs is 1. The molecule has 5 rings (SSSR count). The Morgan fingerprint density at radius 2 is 1.84 bits per heavy atom. The average molecular weight is 448 g/mol. The van der Waals surface area contributed by atoms with Gasteiger partial charge in [-0.2, -0.15) is 0 Å². The Morgan fingerprint density at radius 1 is 1.06 bits per heavy atom. The van der Waals surface area contributed by atoms with Gasteiger partial charge in [0, 0.05) is 5.69 Å². The molecule has 0 saturated heterocycles. The number of para-hydroxylation sites is 2. The first-order valence-corrected chi connectivity index (χ1v) is 11.2. The van der Waals surface area contributed by atoms with Crippen molar-refractivity contribution >= 4 is 33.8 Å². The molecule has 0 bridgehead atoms. The zero-order valence-corrected chi connectivity index (χ0v) is 18.9. The van der Waals surface area contributed by atoms with Gasteiger partial charge in [0.05, 0.1) is 35.3 Å². The molecule has 3 heterocycles. The first-order valence-electron chi connectivity index (χ1n) is 9.93. The van der Waals surface area contributed by atoms with Gasteiger partial charge in [0.25, 0.3) is 0 Å². The van der Waals surface area contributed by atoms with Crippen LogP contribution in [0.5, 0.6) is 0 Å². The average Bonchev–Trinajstić information content (AvgIpc) is 3.45. The zero-order chi connectivity index (χ0) is 21.4. The lowest BCUT2D eigenvalue weighted by Crippen LogP contribution is -2.22. The van der Waals surface area contributed by atoms with Crippen LogP contribution in [0.25, 0.3) is 27.3 Å². The number of furan rings is 1. The number of hydrogen-bond acceptors (Lipinski definition) is 6.